The fraction of sp³-hybridized carbons (Fsp3) is 0.150. The molecule has 0 saturated heterocycles. The van der Waals surface area contributed by atoms with Crippen LogP contribution in [-0.4, -0.2) is 33.9 Å². The third kappa shape index (κ3) is 3.67. The highest BCUT2D eigenvalue weighted by Gasteiger charge is 2.13. The van der Waals surface area contributed by atoms with Gasteiger partial charge in [0.05, 0.1) is 12.8 Å². The highest BCUT2D eigenvalue weighted by Crippen LogP contribution is 2.26. The van der Waals surface area contributed by atoms with Gasteiger partial charge >= 0.3 is 5.97 Å². The average Bonchev–Trinajstić information content (AvgIpc) is 3.45. The molecule has 0 aliphatic rings. The molecule has 0 atom stereocenters. The summed E-state index contributed by atoms with van der Waals surface area (Å²) in [7, 11) is 1.33. The molecule has 1 aromatic carbocycles. The standard InChI is InChI=1S/C20H18N4O3S/c1-27-19(26)16-8-13(10-22-16)17-11-28-20(23-17)24-18(25)7-6-12-9-21-15-5-3-2-4-14(12)15/h2-5,8-11,21-22H,6-7H2,1H3,(H,23,24,25). The number of amides is 1. The van der Waals surface area contributed by atoms with Crippen LogP contribution in [0.4, 0.5) is 5.13 Å². The topological polar surface area (TPSA) is 99.9 Å². The summed E-state index contributed by atoms with van der Waals surface area (Å²) in [6.45, 7) is 0. The van der Waals surface area contributed by atoms with Crippen LogP contribution in [-0.2, 0) is 16.0 Å². The van der Waals surface area contributed by atoms with Crippen molar-refractivity contribution in [3.63, 3.8) is 0 Å². The van der Waals surface area contributed by atoms with E-state index < -0.39 is 5.97 Å². The van der Waals surface area contributed by atoms with E-state index in [1.165, 1.54) is 18.4 Å². The highest BCUT2D eigenvalue weighted by molar-refractivity contribution is 7.14. The van der Waals surface area contributed by atoms with Gasteiger partial charge in [0, 0.05) is 40.7 Å². The van der Waals surface area contributed by atoms with Crippen LogP contribution in [0.25, 0.3) is 22.2 Å². The van der Waals surface area contributed by atoms with Gasteiger partial charge in [0.15, 0.2) is 5.13 Å². The Hall–Kier alpha value is -3.39. The second kappa shape index (κ2) is 7.69. The fourth-order valence-electron chi connectivity index (χ4n) is 3.00. The van der Waals surface area contributed by atoms with E-state index in [1.807, 2.05) is 35.8 Å². The normalized spacial score (nSPS) is 10.9. The summed E-state index contributed by atoms with van der Waals surface area (Å²) in [5, 5.41) is 6.34. The van der Waals surface area contributed by atoms with Gasteiger partial charge in [-0.15, -0.1) is 11.3 Å². The van der Waals surface area contributed by atoms with Crippen molar-refractivity contribution in [3.8, 4) is 11.3 Å². The maximum Gasteiger partial charge on any atom is 0.354 e. The van der Waals surface area contributed by atoms with Crippen molar-refractivity contribution in [1.29, 1.82) is 0 Å². The lowest BCUT2D eigenvalue weighted by molar-refractivity contribution is -0.116. The largest absolute Gasteiger partial charge is 0.464 e. The number of ether oxygens (including phenoxy) is 1. The quantitative estimate of drug-likeness (QED) is 0.431. The van der Waals surface area contributed by atoms with Crippen LogP contribution >= 0.6 is 11.3 Å². The predicted molar refractivity (Wildman–Crippen MR) is 108 cm³/mol. The summed E-state index contributed by atoms with van der Waals surface area (Å²) < 4.78 is 4.68. The van der Waals surface area contributed by atoms with Crippen molar-refractivity contribution in [3.05, 3.63) is 59.4 Å². The van der Waals surface area contributed by atoms with Crippen molar-refractivity contribution in [1.82, 2.24) is 15.0 Å². The van der Waals surface area contributed by atoms with Gasteiger partial charge in [-0.05, 0) is 24.1 Å². The summed E-state index contributed by atoms with van der Waals surface area (Å²) >= 11 is 1.34. The number of para-hydroxylation sites is 1. The third-order valence-corrected chi connectivity index (χ3v) is 5.19. The van der Waals surface area contributed by atoms with E-state index in [0.717, 1.165) is 22.0 Å². The van der Waals surface area contributed by atoms with Crippen LogP contribution in [0, 0.1) is 0 Å². The molecule has 0 aliphatic carbocycles. The smallest absolute Gasteiger partial charge is 0.354 e. The van der Waals surface area contributed by atoms with Crippen LogP contribution in [0.1, 0.15) is 22.5 Å². The molecule has 8 heteroatoms. The van der Waals surface area contributed by atoms with Gasteiger partial charge in [0.1, 0.15) is 5.69 Å². The number of fused-ring (bicyclic) bond motifs is 1. The molecule has 3 N–H and O–H groups in total. The molecule has 7 nitrogen and oxygen atoms in total. The number of esters is 1. The molecule has 0 bridgehead atoms. The number of thiazole rings is 1. The zero-order valence-electron chi connectivity index (χ0n) is 15.1. The summed E-state index contributed by atoms with van der Waals surface area (Å²) in [5.41, 5.74) is 3.99. The minimum atomic E-state index is -0.438. The Bertz CT molecular complexity index is 1140. The Kier molecular flexibility index (Phi) is 4.94. The van der Waals surface area contributed by atoms with Crippen LogP contribution in [0.5, 0.6) is 0 Å². The molecule has 0 spiro atoms. The fourth-order valence-corrected chi connectivity index (χ4v) is 3.74. The zero-order valence-corrected chi connectivity index (χ0v) is 15.9. The number of methoxy groups -OCH3 is 1. The number of aromatic amines is 2. The van der Waals surface area contributed by atoms with E-state index in [9.17, 15) is 9.59 Å². The number of carbonyl (C=O) groups is 2. The number of benzene rings is 1. The van der Waals surface area contributed by atoms with Crippen molar-refractivity contribution >= 4 is 39.2 Å². The summed E-state index contributed by atoms with van der Waals surface area (Å²) in [6, 6.07) is 9.70. The number of hydrogen-bond acceptors (Lipinski definition) is 5. The molecule has 3 aromatic heterocycles. The zero-order chi connectivity index (χ0) is 19.5. The second-order valence-corrected chi connectivity index (χ2v) is 7.10. The molecule has 0 fully saturated rings. The van der Waals surface area contributed by atoms with Gasteiger partial charge in [-0.25, -0.2) is 9.78 Å². The van der Waals surface area contributed by atoms with Gasteiger partial charge in [-0.3, -0.25) is 4.79 Å². The van der Waals surface area contributed by atoms with Crippen molar-refractivity contribution in [2.45, 2.75) is 12.8 Å². The minimum absolute atomic E-state index is 0.0875. The first-order valence-electron chi connectivity index (χ1n) is 8.71. The first-order chi connectivity index (χ1) is 13.6. The van der Waals surface area contributed by atoms with Gasteiger partial charge in [0.25, 0.3) is 0 Å². The molecule has 142 valence electrons. The number of H-pyrrole nitrogens is 2. The minimum Gasteiger partial charge on any atom is -0.464 e. The van der Waals surface area contributed by atoms with Gasteiger partial charge in [-0.1, -0.05) is 18.2 Å². The van der Waals surface area contributed by atoms with Crippen molar-refractivity contribution < 1.29 is 14.3 Å². The molecular weight excluding hydrogens is 376 g/mol. The van der Waals surface area contributed by atoms with Crippen molar-refractivity contribution in [2.24, 2.45) is 0 Å². The van der Waals surface area contributed by atoms with Gasteiger partial charge in [0.2, 0.25) is 5.91 Å². The van der Waals surface area contributed by atoms with Crippen LogP contribution in [0.15, 0.2) is 48.1 Å². The SMILES string of the molecule is COC(=O)c1cc(-c2csc(NC(=O)CCc3c[nH]c4ccccc34)n2)c[nH]1. The Morgan fingerprint density at radius 2 is 2.07 bits per heavy atom. The van der Waals surface area contributed by atoms with E-state index in [0.29, 0.717) is 29.4 Å². The molecule has 28 heavy (non-hydrogen) atoms. The van der Waals surface area contributed by atoms with Crippen LogP contribution < -0.4 is 5.32 Å². The van der Waals surface area contributed by atoms with Crippen molar-refractivity contribution in [2.75, 3.05) is 12.4 Å². The molecule has 0 radical (unpaired) electrons. The molecule has 0 unspecified atom stereocenters. The lowest BCUT2D eigenvalue weighted by atomic mass is 10.1. The first kappa shape index (κ1) is 18.0. The van der Waals surface area contributed by atoms with E-state index in [2.05, 4.69) is 25.0 Å². The number of nitrogens with one attached hydrogen (secondary N) is 3. The van der Waals surface area contributed by atoms with E-state index >= 15 is 0 Å². The van der Waals surface area contributed by atoms with Crippen LogP contribution in [0.2, 0.25) is 0 Å². The van der Waals surface area contributed by atoms with Gasteiger partial charge in [-0.2, -0.15) is 0 Å². The van der Waals surface area contributed by atoms with E-state index in [4.69, 9.17) is 0 Å². The Morgan fingerprint density at radius 1 is 1.21 bits per heavy atom. The molecule has 0 saturated carbocycles. The number of carbonyl (C=O) groups excluding carboxylic acids is 2. The molecule has 1 amide bonds. The molecule has 4 aromatic rings. The third-order valence-electron chi connectivity index (χ3n) is 4.43. The van der Waals surface area contributed by atoms with E-state index in [1.54, 1.807) is 12.3 Å². The number of aromatic nitrogens is 3. The van der Waals surface area contributed by atoms with E-state index in [-0.39, 0.29) is 5.91 Å². The van der Waals surface area contributed by atoms with Gasteiger partial charge < -0.3 is 20.0 Å². The number of rotatable bonds is 6. The number of hydrogen-bond donors (Lipinski definition) is 3. The lowest BCUT2D eigenvalue weighted by Crippen LogP contribution is -2.12. The first-order valence-corrected chi connectivity index (χ1v) is 9.59. The molecule has 3 heterocycles. The summed E-state index contributed by atoms with van der Waals surface area (Å²) in [4.78, 5) is 34.3. The van der Waals surface area contributed by atoms with Crippen LogP contribution in [0.3, 0.4) is 0 Å². The second-order valence-electron chi connectivity index (χ2n) is 6.24. The molecule has 4 rings (SSSR count). The Morgan fingerprint density at radius 3 is 2.93 bits per heavy atom. The summed E-state index contributed by atoms with van der Waals surface area (Å²) in [6.07, 6.45) is 4.65. The lowest BCUT2D eigenvalue weighted by Gasteiger charge is -2.01. The summed E-state index contributed by atoms with van der Waals surface area (Å²) in [5.74, 6) is -0.525. The number of nitrogens with zero attached hydrogens (tertiary/aromatic N) is 1. The number of aryl methyl sites for hydroxylation is 1. The highest BCUT2D eigenvalue weighted by atomic mass is 32.1. The Labute approximate surface area is 164 Å². The predicted octanol–water partition coefficient (Wildman–Crippen LogP) is 3.98. The maximum atomic E-state index is 12.3. The average molecular weight is 394 g/mol. The maximum absolute atomic E-state index is 12.3. The molecule has 0 aliphatic heterocycles. The number of anilines is 1. The molecular formula is C20H18N4O3S. The monoisotopic (exact) mass is 394 g/mol. The Balaban J connectivity index is 1.37.